The molecule has 100 valence electrons. The summed E-state index contributed by atoms with van der Waals surface area (Å²) in [5, 5.41) is 1.53. The van der Waals surface area contributed by atoms with Crippen LogP contribution < -0.4 is 11.3 Å². The molecule has 0 fully saturated rings. The van der Waals surface area contributed by atoms with Crippen LogP contribution >= 0.6 is 50.7 Å². The fourth-order valence-corrected chi connectivity index (χ4v) is 3.03. The average molecular weight is 380 g/mol. The first kappa shape index (κ1) is 15.1. The molecule has 1 unspecified atom stereocenters. The standard InChI is InChI=1S/C13H10BrCl3N2/c14-7-4-5-8(11(16)6-7)13(19-18)9-2-1-3-10(15)12(9)17/h1-6,13,19H,18H2. The number of rotatable bonds is 3. The van der Waals surface area contributed by atoms with Crippen molar-refractivity contribution in [1.29, 1.82) is 0 Å². The predicted octanol–water partition coefficient (Wildman–Crippen LogP) is 4.96. The van der Waals surface area contributed by atoms with Gasteiger partial charge in [0.2, 0.25) is 0 Å². The highest BCUT2D eigenvalue weighted by molar-refractivity contribution is 9.10. The number of halogens is 4. The Bertz CT molecular complexity index is 604. The minimum atomic E-state index is -0.327. The van der Waals surface area contributed by atoms with Gasteiger partial charge in [0.05, 0.1) is 16.1 Å². The zero-order chi connectivity index (χ0) is 14.0. The Balaban J connectivity index is 2.53. The van der Waals surface area contributed by atoms with Crippen molar-refractivity contribution in [2.24, 2.45) is 5.84 Å². The Kier molecular flexibility index (Phi) is 5.12. The molecule has 0 aliphatic carbocycles. The number of nitrogens with two attached hydrogens (primary N) is 1. The molecule has 0 heterocycles. The summed E-state index contributed by atoms with van der Waals surface area (Å²) < 4.78 is 0.897. The lowest BCUT2D eigenvalue weighted by atomic mass is 9.99. The summed E-state index contributed by atoms with van der Waals surface area (Å²) in [6, 6.07) is 10.7. The smallest absolute Gasteiger partial charge is 0.0739 e. The van der Waals surface area contributed by atoms with E-state index in [-0.39, 0.29) is 6.04 Å². The summed E-state index contributed by atoms with van der Waals surface area (Å²) in [5.74, 6) is 5.64. The lowest BCUT2D eigenvalue weighted by molar-refractivity contribution is 0.637. The van der Waals surface area contributed by atoms with Crippen LogP contribution in [-0.4, -0.2) is 0 Å². The first-order valence-electron chi connectivity index (χ1n) is 5.39. The first-order chi connectivity index (χ1) is 9.04. The molecule has 2 nitrogen and oxygen atoms in total. The minimum Gasteiger partial charge on any atom is -0.271 e. The maximum Gasteiger partial charge on any atom is 0.0739 e. The second-order valence-electron chi connectivity index (χ2n) is 3.91. The summed E-state index contributed by atoms with van der Waals surface area (Å²) in [6.45, 7) is 0. The van der Waals surface area contributed by atoms with Crippen LogP contribution in [0.5, 0.6) is 0 Å². The van der Waals surface area contributed by atoms with Crippen molar-refractivity contribution in [3.8, 4) is 0 Å². The Morgan fingerprint density at radius 3 is 2.37 bits per heavy atom. The fourth-order valence-electron chi connectivity index (χ4n) is 1.83. The second kappa shape index (κ2) is 6.44. The van der Waals surface area contributed by atoms with Crippen molar-refractivity contribution in [3.05, 3.63) is 67.1 Å². The van der Waals surface area contributed by atoms with Crippen LogP contribution in [0.25, 0.3) is 0 Å². The highest BCUT2D eigenvalue weighted by Crippen LogP contribution is 2.36. The first-order valence-corrected chi connectivity index (χ1v) is 7.32. The molecule has 2 aromatic rings. The van der Waals surface area contributed by atoms with Gasteiger partial charge in [-0.3, -0.25) is 5.84 Å². The number of hydrogen-bond acceptors (Lipinski definition) is 2. The highest BCUT2D eigenvalue weighted by Gasteiger charge is 2.19. The normalized spacial score (nSPS) is 12.5. The molecule has 2 rings (SSSR count). The fraction of sp³-hybridized carbons (Fsp3) is 0.0769. The van der Waals surface area contributed by atoms with E-state index in [9.17, 15) is 0 Å². The molecule has 0 saturated carbocycles. The molecule has 0 radical (unpaired) electrons. The molecule has 0 aliphatic rings. The maximum absolute atomic E-state index is 6.24. The zero-order valence-corrected chi connectivity index (χ0v) is 13.5. The molecule has 0 amide bonds. The molecule has 0 aliphatic heterocycles. The van der Waals surface area contributed by atoms with Crippen LogP contribution in [-0.2, 0) is 0 Å². The minimum absolute atomic E-state index is 0.327. The Morgan fingerprint density at radius 2 is 1.74 bits per heavy atom. The molecule has 6 heteroatoms. The van der Waals surface area contributed by atoms with Crippen molar-refractivity contribution in [1.82, 2.24) is 5.43 Å². The average Bonchev–Trinajstić information content (AvgIpc) is 2.37. The van der Waals surface area contributed by atoms with E-state index in [1.165, 1.54) is 0 Å². The van der Waals surface area contributed by atoms with Gasteiger partial charge in [-0.05, 0) is 29.3 Å². The van der Waals surface area contributed by atoms with Gasteiger partial charge < -0.3 is 0 Å². The van der Waals surface area contributed by atoms with Gasteiger partial charge >= 0.3 is 0 Å². The molecule has 3 N–H and O–H groups in total. The number of hydrazine groups is 1. The topological polar surface area (TPSA) is 38.0 Å². The molecule has 19 heavy (non-hydrogen) atoms. The van der Waals surface area contributed by atoms with Crippen LogP contribution in [0, 0.1) is 0 Å². The van der Waals surface area contributed by atoms with E-state index in [1.807, 2.05) is 24.3 Å². The molecular formula is C13H10BrCl3N2. The number of nitrogens with one attached hydrogen (secondary N) is 1. The molecule has 0 spiro atoms. The van der Waals surface area contributed by atoms with Gasteiger partial charge in [-0.25, -0.2) is 5.43 Å². The largest absolute Gasteiger partial charge is 0.271 e. The Hall–Kier alpha value is -0.290. The van der Waals surface area contributed by atoms with Gasteiger partial charge in [-0.15, -0.1) is 0 Å². The molecule has 1 atom stereocenters. The third-order valence-corrected chi connectivity index (χ3v) is 4.39. The highest BCUT2D eigenvalue weighted by atomic mass is 79.9. The van der Waals surface area contributed by atoms with Crippen LogP contribution in [0.1, 0.15) is 17.2 Å². The predicted molar refractivity (Wildman–Crippen MR) is 84.8 cm³/mol. The van der Waals surface area contributed by atoms with Gasteiger partial charge in [-0.1, -0.05) is 68.9 Å². The van der Waals surface area contributed by atoms with Gasteiger partial charge in [0.25, 0.3) is 0 Å². The molecule has 2 aromatic carbocycles. The SMILES string of the molecule is NNC(c1ccc(Br)cc1Cl)c1cccc(Cl)c1Cl. The molecule has 0 aromatic heterocycles. The van der Waals surface area contributed by atoms with E-state index in [2.05, 4.69) is 21.4 Å². The summed E-state index contributed by atoms with van der Waals surface area (Å²) >= 11 is 21.9. The van der Waals surface area contributed by atoms with Crippen LogP contribution in [0.3, 0.4) is 0 Å². The van der Waals surface area contributed by atoms with Crippen molar-refractivity contribution in [3.63, 3.8) is 0 Å². The Labute approximate surface area is 134 Å². The van der Waals surface area contributed by atoms with Gasteiger partial charge in [0.1, 0.15) is 0 Å². The van der Waals surface area contributed by atoms with Crippen molar-refractivity contribution >= 4 is 50.7 Å². The zero-order valence-electron chi connectivity index (χ0n) is 9.63. The molecule has 0 bridgehead atoms. The van der Waals surface area contributed by atoms with E-state index in [4.69, 9.17) is 40.6 Å². The lowest BCUT2D eigenvalue weighted by Crippen LogP contribution is -2.29. The van der Waals surface area contributed by atoms with E-state index in [0.717, 1.165) is 15.6 Å². The number of benzene rings is 2. The van der Waals surface area contributed by atoms with E-state index >= 15 is 0 Å². The lowest BCUT2D eigenvalue weighted by Gasteiger charge is -2.20. The number of hydrogen-bond donors (Lipinski definition) is 2. The summed E-state index contributed by atoms with van der Waals surface area (Å²) in [6.07, 6.45) is 0. The van der Waals surface area contributed by atoms with Crippen LogP contribution in [0.2, 0.25) is 15.1 Å². The summed E-state index contributed by atoms with van der Waals surface area (Å²) in [7, 11) is 0. The third-order valence-electron chi connectivity index (χ3n) is 2.73. The summed E-state index contributed by atoms with van der Waals surface area (Å²) in [4.78, 5) is 0. The molecule has 0 saturated heterocycles. The van der Waals surface area contributed by atoms with Gasteiger partial charge in [0, 0.05) is 9.50 Å². The molecular weight excluding hydrogens is 370 g/mol. The Morgan fingerprint density at radius 1 is 1.00 bits per heavy atom. The van der Waals surface area contributed by atoms with Crippen molar-refractivity contribution in [2.75, 3.05) is 0 Å². The third kappa shape index (κ3) is 3.24. The van der Waals surface area contributed by atoms with Crippen molar-refractivity contribution in [2.45, 2.75) is 6.04 Å². The van der Waals surface area contributed by atoms with Crippen LogP contribution in [0.15, 0.2) is 40.9 Å². The maximum atomic E-state index is 6.24. The van der Waals surface area contributed by atoms with Crippen LogP contribution in [0.4, 0.5) is 0 Å². The van der Waals surface area contributed by atoms with Crippen molar-refractivity contribution < 1.29 is 0 Å². The summed E-state index contributed by atoms with van der Waals surface area (Å²) in [5.41, 5.74) is 4.33. The quantitative estimate of drug-likeness (QED) is 0.583. The second-order valence-corrected chi connectivity index (χ2v) is 6.02. The van der Waals surface area contributed by atoms with E-state index in [1.54, 1.807) is 12.1 Å². The van der Waals surface area contributed by atoms with Gasteiger partial charge in [0.15, 0.2) is 0 Å². The monoisotopic (exact) mass is 378 g/mol. The van der Waals surface area contributed by atoms with E-state index in [0.29, 0.717) is 15.1 Å². The van der Waals surface area contributed by atoms with Gasteiger partial charge in [-0.2, -0.15) is 0 Å². The van der Waals surface area contributed by atoms with E-state index < -0.39 is 0 Å².